The number of carbonyl (C=O) groups excluding carboxylic acids is 1. The molecule has 0 unspecified atom stereocenters. The summed E-state index contributed by atoms with van der Waals surface area (Å²) in [5, 5.41) is 3.21. The van der Waals surface area contributed by atoms with Crippen molar-refractivity contribution >= 4 is 5.91 Å². The highest BCUT2D eigenvalue weighted by Crippen LogP contribution is 1.94. The SMILES string of the molecule is COCCCOCCOCC(=O)N1CCNCC1. The summed E-state index contributed by atoms with van der Waals surface area (Å²) >= 11 is 0. The van der Waals surface area contributed by atoms with E-state index in [2.05, 4.69) is 5.32 Å². The van der Waals surface area contributed by atoms with Gasteiger partial charge in [-0.05, 0) is 6.42 Å². The van der Waals surface area contributed by atoms with Gasteiger partial charge in [-0.25, -0.2) is 0 Å². The lowest BCUT2D eigenvalue weighted by Crippen LogP contribution is -2.47. The van der Waals surface area contributed by atoms with Crippen molar-refractivity contribution in [2.45, 2.75) is 6.42 Å². The van der Waals surface area contributed by atoms with Crippen LogP contribution in [0.3, 0.4) is 0 Å². The van der Waals surface area contributed by atoms with Gasteiger partial charge in [0.05, 0.1) is 13.2 Å². The van der Waals surface area contributed by atoms with Crippen molar-refractivity contribution in [3.05, 3.63) is 0 Å². The van der Waals surface area contributed by atoms with Crippen LogP contribution in [0.5, 0.6) is 0 Å². The van der Waals surface area contributed by atoms with Crippen molar-refractivity contribution in [1.82, 2.24) is 10.2 Å². The largest absolute Gasteiger partial charge is 0.385 e. The Morgan fingerprint density at radius 1 is 1.11 bits per heavy atom. The van der Waals surface area contributed by atoms with Crippen molar-refractivity contribution in [3.8, 4) is 0 Å². The van der Waals surface area contributed by atoms with Crippen LogP contribution >= 0.6 is 0 Å². The Morgan fingerprint density at radius 3 is 2.56 bits per heavy atom. The van der Waals surface area contributed by atoms with Crippen LogP contribution < -0.4 is 5.32 Å². The predicted octanol–water partition coefficient (Wildman–Crippen LogP) is -0.512. The fourth-order valence-corrected chi connectivity index (χ4v) is 1.69. The molecular formula is C12H24N2O4. The molecule has 0 aliphatic carbocycles. The predicted molar refractivity (Wildman–Crippen MR) is 67.6 cm³/mol. The molecule has 1 aliphatic heterocycles. The van der Waals surface area contributed by atoms with Gasteiger partial charge in [0, 0.05) is 46.5 Å². The molecule has 0 bridgehead atoms. The number of hydrogen-bond donors (Lipinski definition) is 1. The number of nitrogens with one attached hydrogen (secondary N) is 1. The normalized spacial score (nSPS) is 15.9. The van der Waals surface area contributed by atoms with Crippen molar-refractivity contribution in [3.63, 3.8) is 0 Å². The quantitative estimate of drug-likeness (QED) is 0.566. The second-order valence-electron chi connectivity index (χ2n) is 4.14. The van der Waals surface area contributed by atoms with Crippen LogP contribution in [0.1, 0.15) is 6.42 Å². The highest BCUT2D eigenvalue weighted by atomic mass is 16.5. The van der Waals surface area contributed by atoms with E-state index in [0.29, 0.717) is 26.4 Å². The zero-order valence-corrected chi connectivity index (χ0v) is 11.2. The zero-order valence-electron chi connectivity index (χ0n) is 11.2. The monoisotopic (exact) mass is 260 g/mol. The van der Waals surface area contributed by atoms with Gasteiger partial charge in [-0.1, -0.05) is 0 Å². The third-order valence-electron chi connectivity index (χ3n) is 2.70. The van der Waals surface area contributed by atoms with Crippen molar-refractivity contribution < 1.29 is 19.0 Å². The molecule has 1 saturated heterocycles. The minimum absolute atomic E-state index is 0.0656. The van der Waals surface area contributed by atoms with E-state index in [4.69, 9.17) is 14.2 Å². The smallest absolute Gasteiger partial charge is 0.248 e. The molecule has 0 atom stereocenters. The summed E-state index contributed by atoms with van der Waals surface area (Å²) in [6, 6.07) is 0. The highest BCUT2D eigenvalue weighted by Gasteiger charge is 2.15. The van der Waals surface area contributed by atoms with E-state index in [1.807, 2.05) is 4.90 Å². The van der Waals surface area contributed by atoms with Gasteiger partial charge in [0.15, 0.2) is 0 Å². The standard InChI is InChI=1S/C12H24N2O4/c1-16-7-2-8-17-9-10-18-11-12(15)14-5-3-13-4-6-14/h13H,2-11H2,1H3. The van der Waals surface area contributed by atoms with E-state index in [1.165, 1.54) is 0 Å². The highest BCUT2D eigenvalue weighted by molar-refractivity contribution is 5.77. The summed E-state index contributed by atoms with van der Waals surface area (Å²) in [4.78, 5) is 13.5. The summed E-state index contributed by atoms with van der Waals surface area (Å²) in [6.45, 7) is 5.81. The van der Waals surface area contributed by atoms with Crippen molar-refractivity contribution in [2.75, 3.05) is 66.3 Å². The summed E-state index contributed by atoms with van der Waals surface area (Å²) in [6.07, 6.45) is 0.885. The molecule has 0 saturated carbocycles. The maximum Gasteiger partial charge on any atom is 0.248 e. The Morgan fingerprint density at radius 2 is 1.83 bits per heavy atom. The number of carbonyl (C=O) groups is 1. The summed E-state index contributed by atoms with van der Waals surface area (Å²) in [5.74, 6) is 0.0656. The molecule has 1 aliphatic rings. The first-order chi connectivity index (χ1) is 8.84. The third-order valence-corrected chi connectivity index (χ3v) is 2.70. The summed E-state index contributed by atoms with van der Waals surface area (Å²) in [7, 11) is 1.67. The molecule has 18 heavy (non-hydrogen) atoms. The molecule has 1 amide bonds. The number of rotatable bonds is 9. The van der Waals surface area contributed by atoms with E-state index in [-0.39, 0.29) is 12.5 Å². The third kappa shape index (κ3) is 6.90. The minimum atomic E-state index is 0.0656. The molecule has 1 N–H and O–H groups in total. The summed E-state index contributed by atoms with van der Waals surface area (Å²) < 4.78 is 15.5. The number of amides is 1. The van der Waals surface area contributed by atoms with Gasteiger partial charge in [0.2, 0.25) is 5.91 Å². The minimum Gasteiger partial charge on any atom is -0.385 e. The number of nitrogens with zero attached hydrogens (tertiary/aromatic N) is 1. The molecule has 0 radical (unpaired) electrons. The van der Waals surface area contributed by atoms with Crippen LogP contribution in [-0.4, -0.2) is 77.1 Å². The van der Waals surface area contributed by atoms with Crippen LogP contribution in [-0.2, 0) is 19.0 Å². The maximum atomic E-state index is 11.7. The van der Waals surface area contributed by atoms with Gasteiger partial charge < -0.3 is 24.4 Å². The van der Waals surface area contributed by atoms with E-state index < -0.39 is 0 Å². The zero-order chi connectivity index (χ0) is 13.1. The molecule has 1 rings (SSSR count). The fraction of sp³-hybridized carbons (Fsp3) is 0.917. The van der Waals surface area contributed by atoms with Gasteiger partial charge in [0.1, 0.15) is 6.61 Å². The Labute approximate surface area is 109 Å². The van der Waals surface area contributed by atoms with Crippen LogP contribution in [0, 0.1) is 0 Å². The Hall–Kier alpha value is -0.690. The maximum absolute atomic E-state index is 11.7. The Kier molecular flexibility index (Phi) is 8.75. The van der Waals surface area contributed by atoms with Crippen LogP contribution in [0.15, 0.2) is 0 Å². The van der Waals surface area contributed by atoms with Crippen LogP contribution in [0.2, 0.25) is 0 Å². The Balaban J connectivity index is 1.89. The molecule has 0 aromatic carbocycles. The number of ether oxygens (including phenoxy) is 3. The lowest BCUT2D eigenvalue weighted by molar-refractivity contribution is -0.137. The van der Waals surface area contributed by atoms with E-state index in [9.17, 15) is 4.79 Å². The average molecular weight is 260 g/mol. The van der Waals surface area contributed by atoms with E-state index in [0.717, 1.165) is 32.6 Å². The fourth-order valence-electron chi connectivity index (χ4n) is 1.69. The van der Waals surface area contributed by atoms with E-state index >= 15 is 0 Å². The van der Waals surface area contributed by atoms with Gasteiger partial charge in [-0.15, -0.1) is 0 Å². The topological polar surface area (TPSA) is 60.0 Å². The molecule has 0 aromatic heterocycles. The summed E-state index contributed by atoms with van der Waals surface area (Å²) in [5.41, 5.74) is 0. The van der Waals surface area contributed by atoms with Crippen LogP contribution in [0.4, 0.5) is 0 Å². The number of hydrogen-bond acceptors (Lipinski definition) is 5. The molecule has 1 heterocycles. The average Bonchev–Trinajstić information content (AvgIpc) is 2.42. The molecule has 6 heteroatoms. The van der Waals surface area contributed by atoms with Gasteiger partial charge in [-0.2, -0.15) is 0 Å². The molecule has 106 valence electrons. The second-order valence-corrected chi connectivity index (χ2v) is 4.14. The van der Waals surface area contributed by atoms with Crippen LogP contribution in [0.25, 0.3) is 0 Å². The molecule has 0 aromatic rings. The van der Waals surface area contributed by atoms with Gasteiger partial charge in [0.25, 0.3) is 0 Å². The lowest BCUT2D eigenvalue weighted by Gasteiger charge is -2.27. The molecular weight excluding hydrogens is 236 g/mol. The lowest BCUT2D eigenvalue weighted by atomic mass is 10.3. The van der Waals surface area contributed by atoms with Crippen molar-refractivity contribution in [2.24, 2.45) is 0 Å². The first kappa shape index (κ1) is 15.4. The molecule has 6 nitrogen and oxygen atoms in total. The molecule has 1 fully saturated rings. The van der Waals surface area contributed by atoms with Gasteiger partial charge >= 0.3 is 0 Å². The first-order valence-corrected chi connectivity index (χ1v) is 6.47. The Bertz CT molecular complexity index is 220. The first-order valence-electron chi connectivity index (χ1n) is 6.47. The number of methoxy groups -OCH3 is 1. The second kappa shape index (κ2) is 10.3. The van der Waals surface area contributed by atoms with Gasteiger partial charge in [-0.3, -0.25) is 4.79 Å². The van der Waals surface area contributed by atoms with Crippen molar-refractivity contribution in [1.29, 1.82) is 0 Å². The molecule has 0 spiro atoms. The van der Waals surface area contributed by atoms with E-state index in [1.54, 1.807) is 7.11 Å². The number of piperazine rings is 1.